The summed E-state index contributed by atoms with van der Waals surface area (Å²) in [5.41, 5.74) is 1.69. The summed E-state index contributed by atoms with van der Waals surface area (Å²) < 4.78 is 48.2. The molecule has 1 N–H and O–H groups in total. The maximum atomic E-state index is 14.1. The molecule has 3 aromatic rings. The zero-order chi connectivity index (χ0) is 29.9. The molecular weight excluding hydrogens is 551 g/mol. The van der Waals surface area contributed by atoms with Crippen molar-refractivity contribution < 1.29 is 22.7 Å². The Bertz CT molecular complexity index is 1340. The lowest BCUT2D eigenvalue weighted by molar-refractivity contribution is -0.141. The standard InChI is InChI=1S/C30H38F3N5O2S/c1-7-37(18(2)3)17-23-11-9-13-34-25(23)29-36-27(30(31,32)33)26(41-29)28(39)35-21(6)22-10-8-12-24(14-22)38-15-19(4)40-20(5)16-38/h8-14,18-21H,7,15-17H2,1-6H3,(H,35,39)/t19-,20+,21-/m0/s1. The van der Waals surface area contributed by atoms with Gasteiger partial charge in [-0.15, -0.1) is 11.3 Å². The van der Waals surface area contributed by atoms with Crippen LogP contribution in [0.4, 0.5) is 18.9 Å². The number of halogens is 3. The number of morpholine rings is 1. The lowest BCUT2D eigenvalue weighted by Gasteiger charge is -2.37. The molecule has 1 aliphatic heterocycles. The van der Waals surface area contributed by atoms with Crippen LogP contribution in [0.15, 0.2) is 42.6 Å². The summed E-state index contributed by atoms with van der Waals surface area (Å²) in [6, 6.07) is 11.0. The van der Waals surface area contributed by atoms with Crippen molar-refractivity contribution in [2.24, 2.45) is 0 Å². The number of thiazole rings is 1. The number of pyridine rings is 1. The van der Waals surface area contributed by atoms with E-state index in [2.05, 4.69) is 38.9 Å². The average Bonchev–Trinajstić information content (AvgIpc) is 3.38. The molecule has 3 atom stereocenters. The number of alkyl halides is 3. The van der Waals surface area contributed by atoms with Gasteiger partial charge in [0.05, 0.1) is 18.2 Å². The van der Waals surface area contributed by atoms with Gasteiger partial charge in [0.2, 0.25) is 0 Å². The molecule has 0 radical (unpaired) electrons. The van der Waals surface area contributed by atoms with Crippen LogP contribution in [0.25, 0.3) is 10.7 Å². The predicted octanol–water partition coefficient (Wildman–Crippen LogP) is 6.56. The zero-order valence-electron chi connectivity index (χ0n) is 24.3. The fourth-order valence-electron chi connectivity index (χ4n) is 5.13. The van der Waals surface area contributed by atoms with E-state index in [1.165, 1.54) is 6.20 Å². The Hall–Kier alpha value is -3.02. The third-order valence-corrected chi connectivity index (χ3v) is 8.27. The highest BCUT2D eigenvalue weighted by Crippen LogP contribution is 2.38. The molecule has 1 amide bonds. The van der Waals surface area contributed by atoms with Crippen LogP contribution in [0.5, 0.6) is 0 Å². The van der Waals surface area contributed by atoms with Gasteiger partial charge in [-0.25, -0.2) is 4.98 Å². The lowest BCUT2D eigenvalue weighted by Crippen LogP contribution is -2.45. The topological polar surface area (TPSA) is 70.6 Å². The molecule has 2 aromatic heterocycles. The van der Waals surface area contributed by atoms with Crippen LogP contribution >= 0.6 is 11.3 Å². The molecule has 11 heteroatoms. The van der Waals surface area contributed by atoms with E-state index in [-0.39, 0.29) is 23.3 Å². The first-order valence-corrected chi connectivity index (χ1v) is 14.8. The number of hydrogen-bond acceptors (Lipinski definition) is 7. The SMILES string of the molecule is CCN(Cc1cccnc1-c1nc(C(F)(F)F)c(C(=O)N[C@@H](C)c2cccc(N3C[C@@H](C)O[C@@H](C)C3)c2)s1)C(C)C. The molecule has 0 unspecified atom stereocenters. The van der Waals surface area contributed by atoms with Gasteiger partial charge >= 0.3 is 6.18 Å². The van der Waals surface area contributed by atoms with Gasteiger partial charge in [-0.3, -0.25) is 14.7 Å². The Morgan fingerprint density at radius 1 is 1.17 bits per heavy atom. The van der Waals surface area contributed by atoms with Crippen LogP contribution in [0.2, 0.25) is 0 Å². The van der Waals surface area contributed by atoms with Crippen molar-refractivity contribution in [3.8, 4) is 10.7 Å². The van der Waals surface area contributed by atoms with Crippen LogP contribution in [0.3, 0.4) is 0 Å². The molecule has 1 saturated heterocycles. The number of carbonyl (C=O) groups is 1. The van der Waals surface area contributed by atoms with Gasteiger partial charge < -0.3 is 15.0 Å². The summed E-state index contributed by atoms with van der Waals surface area (Å²) in [4.78, 5) is 25.5. The molecule has 7 nitrogen and oxygen atoms in total. The fraction of sp³-hybridized carbons (Fsp3) is 0.500. The number of hydrogen-bond donors (Lipinski definition) is 1. The van der Waals surface area contributed by atoms with E-state index in [4.69, 9.17) is 4.74 Å². The summed E-state index contributed by atoms with van der Waals surface area (Å²) in [7, 11) is 0. The zero-order valence-corrected chi connectivity index (χ0v) is 25.1. The Kier molecular flexibility index (Phi) is 9.71. The molecule has 0 spiro atoms. The van der Waals surface area contributed by atoms with Crippen molar-refractivity contribution in [2.75, 3.05) is 24.5 Å². The second-order valence-electron chi connectivity index (χ2n) is 10.8. The Morgan fingerprint density at radius 2 is 1.88 bits per heavy atom. The van der Waals surface area contributed by atoms with Gasteiger partial charge in [0, 0.05) is 37.6 Å². The number of rotatable bonds is 9. The van der Waals surface area contributed by atoms with Crippen LogP contribution in [-0.4, -0.2) is 58.7 Å². The number of nitrogens with zero attached hydrogens (tertiary/aromatic N) is 4. The third kappa shape index (κ3) is 7.44. The molecule has 222 valence electrons. The van der Waals surface area contributed by atoms with Crippen LogP contribution in [0.1, 0.15) is 74.1 Å². The molecule has 4 rings (SSSR count). The first-order chi connectivity index (χ1) is 19.4. The Labute approximate surface area is 243 Å². The quantitative estimate of drug-likeness (QED) is 0.305. The molecule has 0 saturated carbocycles. The second-order valence-corrected chi connectivity index (χ2v) is 11.8. The smallest absolute Gasteiger partial charge is 0.372 e. The summed E-state index contributed by atoms with van der Waals surface area (Å²) in [5.74, 6) is -0.817. The summed E-state index contributed by atoms with van der Waals surface area (Å²) >= 11 is 0.722. The van der Waals surface area contributed by atoms with Gasteiger partial charge in [0.25, 0.3) is 5.91 Å². The van der Waals surface area contributed by atoms with Crippen molar-refractivity contribution >= 4 is 22.9 Å². The van der Waals surface area contributed by atoms with Gasteiger partial charge in [0.15, 0.2) is 5.69 Å². The highest BCUT2D eigenvalue weighted by Gasteiger charge is 2.40. The fourth-order valence-corrected chi connectivity index (χ4v) is 6.15. The van der Waals surface area contributed by atoms with Gasteiger partial charge in [-0.2, -0.15) is 13.2 Å². The first-order valence-electron chi connectivity index (χ1n) is 13.9. The van der Waals surface area contributed by atoms with Crippen molar-refractivity contribution in [2.45, 2.75) is 78.6 Å². The minimum absolute atomic E-state index is 0.0723. The van der Waals surface area contributed by atoms with Crippen LogP contribution in [0, 0.1) is 0 Å². The predicted molar refractivity (Wildman–Crippen MR) is 156 cm³/mol. The van der Waals surface area contributed by atoms with E-state index in [1.54, 1.807) is 13.0 Å². The second kappa shape index (κ2) is 12.9. The minimum Gasteiger partial charge on any atom is -0.372 e. The number of nitrogens with one attached hydrogen (secondary N) is 1. The number of amides is 1. The van der Waals surface area contributed by atoms with E-state index in [1.807, 2.05) is 51.1 Å². The van der Waals surface area contributed by atoms with Crippen LogP contribution in [-0.2, 0) is 17.5 Å². The van der Waals surface area contributed by atoms with E-state index < -0.39 is 28.7 Å². The van der Waals surface area contributed by atoms with Gasteiger partial charge in [-0.05, 0) is 70.5 Å². The number of anilines is 1. The van der Waals surface area contributed by atoms with E-state index in [9.17, 15) is 18.0 Å². The monoisotopic (exact) mass is 589 g/mol. The molecule has 3 heterocycles. The van der Waals surface area contributed by atoms with Gasteiger partial charge in [-0.1, -0.05) is 25.1 Å². The van der Waals surface area contributed by atoms with Crippen LogP contribution < -0.4 is 10.2 Å². The van der Waals surface area contributed by atoms with Crippen molar-refractivity contribution in [3.63, 3.8) is 0 Å². The number of carbonyl (C=O) groups excluding carboxylic acids is 1. The summed E-state index contributed by atoms with van der Waals surface area (Å²) in [5, 5.41) is 2.84. The van der Waals surface area contributed by atoms with Crippen molar-refractivity contribution in [1.29, 1.82) is 0 Å². The Morgan fingerprint density at radius 3 is 2.51 bits per heavy atom. The molecule has 1 fully saturated rings. The molecular formula is C30H38F3N5O2S. The average molecular weight is 590 g/mol. The van der Waals surface area contributed by atoms with Crippen molar-refractivity contribution in [1.82, 2.24) is 20.2 Å². The summed E-state index contributed by atoms with van der Waals surface area (Å²) in [6.45, 7) is 14.7. The van der Waals surface area contributed by atoms with E-state index in [0.717, 1.165) is 47.8 Å². The number of benzene rings is 1. The maximum Gasteiger partial charge on any atom is 0.435 e. The van der Waals surface area contributed by atoms with E-state index in [0.29, 0.717) is 12.2 Å². The largest absolute Gasteiger partial charge is 0.435 e. The van der Waals surface area contributed by atoms with Gasteiger partial charge in [0.1, 0.15) is 15.6 Å². The molecule has 0 aliphatic carbocycles. The first kappa shape index (κ1) is 30.9. The third-order valence-electron chi connectivity index (χ3n) is 7.21. The lowest BCUT2D eigenvalue weighted by atomic mass is 10.1. The summed E-state index contributed by atoms with van der Waals surface area (Å²) in [6.07, 6.45) is -3.10. The molecule has 1 aliphatic rings. The van der Waals surface area contributed by atoms with Crippen molar-refractivity contribution in [3.05, 3.63) is 64.3 Å². The van der Waals surface area contributed by atoms with E-state index >= 15 is 0 Å². The molecule has 1 aromatic carbocycles. The minimum atomic E-state index is -4.80. The molecule has 41 heavy (non-hydrogen) atoms. The number of ether oxygens (including phenoxy) is 1. The maximum absolute atomic E-state index is 14.1. The molecule has 0 bridgehead atoms. The highest BCUT2D eigenvalue weighted by atomic mass is 32.1. The number of aromatic nitrogens is 2. The normalized spacial score (nSPS) is 18.7. The highest BCUT2D eigenvalue weighted by molar-refractivity contribution is 7.17. The Balaban J connectivity index is 1.60.